The van der Waals surface area contributed by atoms with Crippen LogP contribution in [0.3, 0.4) is 0 Å². The smallest absolute Gasteiger partial charge is 0.221 e. The highest BCUT2D eigenvalue weighted by Crippen LogP contribution is 2.29. The van der Waals surface area contributed by atoms with E-state index in [0.29, 0.717) is 11.9 Å². The van der Waals surface area contributed by atoms with Gasteiger partial charge in [-0.2, -0.15) is 0 Å². The lowest BCUT2D eigenvalue weighted by Gasteiger charge is -2.02. The zero-order chi connectivity index (χ0) is 8.55. The summed E-state index contributed by atoms with van der Waals surface area (Å²) in [7, 11) is 1.63. The first-order chi connectivity index (χ1) is 5.81. The van der Waals surface area contributed by atoms with Gasteiger partial charge >= 0.3 is 0 Å². The maximum Gasteiger partial charge on any atom is 0.221 e. The van der Waals surface area contributed by atoms with Gasteiger partial charge in [-0.05, 0) is 6.92 Å². The molecule has 64 valence electrons. The third-order valence-corrected chi connectivity index (χ3v) is 1.99. The largest absolute Gasteiger partial charge is 0.481 e. The standard InChI is InChI=1S/C8H11N3O/c1-5-3-6-7(11-5)9-4-10-8(6)12-2/h4-5H,3H2,1-2H3,(H,9,10,11)/t5-/m1/s1. The summed E-state index contributed by atoms with van der Waals surface area (Å²) in [4.78, 5) is 8.15. The van der Waals surface area contributed by atoms with Gasteiger partial charge in [-0.3, -0.25) is 0 Å². The van der Waals surface area contributed by atoms with Crippen LogP contribution in [0.2, 0.25) is 0 Å². The van der Waals surface area contributed by atoms with Gasteiger partial charge in [0.25, 0.3) is 0 Å². The SMILES string of the molecule is COc1ncnc2c1C[C@@H](C)N2. The molecule has 1 aliphatic heterocycles. The van der Waals surface area contributed by atoms with Gasteiger partial charge in [0.1, 0.15) is 12.1 Å². The molecule has 0 saturated heterocycles. The number of rotatable bonds is 1. The van der Waals surface area contributed by atoms with Crippen molar-refractivity contribution in [2.75, 3.05) is 12.4 Å². The van der Waals surface area contributed by atoms with Crippen LogP contribution in [0.1, 0.15) is 12.5 Å². The molecule has 1 N–H and O–H groups in total. The lowest BCUT2D eigenvalue weighted by molar-refractivity contribution is 0.392. The molecule has 0 unspecified atom stereocenters. The van der Waals surface area contributed by atoms with Crippen LogP contribution < -0.4 is 10.1 Å². The van der Waals surface area contributed by atoms with Crippen molar-refractivity contribution in [3.8, 4) is 5.88 Å². The Morgan fingerprint density at radius 3 is 3.17 bits per heavy atom. The second-order valence-electron chi connectivity index (χ2n) is 2.96. The molecule has 1 aromatic rings. The number of methoxy groups -OCH3 is 1. The van der Waals surface area contributed by atoms with Crippen LogP contribution in [0.15, 0.2) is 6.33 Å². The van der Waals surface area contributed by atoms with Gasteiger partial charge in [-0.25, -0.2) is 9.97 Å². The van der Waals surface area contributed by atoms with Gasteiger partial charge in [0, 0.05) is 12.5 Å². The minimum absolute atomic E-state index is 0.436. The average Bonchev–Trinajstić information content (AvgIpc) is 2.44. The molecular formula is C8H11N3O. The van der Waals surface area contributed by atoms with Crippen LogP contribution in [-0.2, 0) is 6.42 Å². The first-order valence-electron chi connectivity index (χ1n) is 3.95. The molecule has 0 radical (unpaired) electrons. The molecule has 0 saturated carbocycles. The maximum atomic E-state index is 5.11. The van der Waals surface area contributed by atoms with Gasteiger partial charge in [0.2, 0.25) is 5.88 Å². The molecule has 2 heterocycles. The first kappa shape index (κ1) is 7.34. The van der Waals surface area contributed by atoms with E-state index < -0.39 is 0 Å². The summed E-state index contributed by atoms with van der Waals surface area (Å²) in [5.74, 6) is 1.60. The number of hydrogen-bond donors (Lipinski definition) is 1. The van der Waals surface area contributed by atoms with E-state index in [1.807, 2.05) is 0 Å². The summed E-state index contributed by atoms with van der Waals surface area (Å²) in [5, 5.41) is 3.24. The zero-order valence-electron chi connectivity index (χ0n) is 7.16. The molecule has 0 fully saturated rings. The number of nitrogens with zero attached hydrogens (tertiary/aromatic N) is 2. The van der Waals surface area contributed by atoms with E-state index in [4.69, 9.17) is 4.74 Å². The monoisotopic (exact) mass is 165 g/mol. The van der Waals surface area contributed by atoms with Crippen molar-refractivity contribution >= 4 is 5.82 Å². The Balaban J connectivity index is 2.44. The highest BCUT2D eigenvalue weighted by atomic mass is 16.5. The van der Waals surface area contributed by atoms with E-state index >= 15 is 0 Å². The van der Waals surface area contributed by atoms with Crippen molar-refractivity contribution in [2.45, 2.75) is 19.4 Å². The van der Waals surface area contributed by atoms with Crippen molar-refractivity contribution in [1.82, 2.24) is 9.97 Å². The van der Waals surface area contributed by atoms with Crippen molar-refractivity contribution in [3.63, 3.8) is 0 Å². The van der Waals surface area contributed by atoms with Crippen LogP contribution in [-0.4, -0.2) is 23.1 Å². The molecule has 12 heavy (non-hydrogen) atoms. The first-order valence-corrected chi connectivity index (χ1v) is 3.95. The number of ether oxygens (including phenoxy) is 1. The lowest BCUT2D eigenvalue weighted by atomic mass is 10.2. The molecule has 0 spiro atoms. The molecule has 0 aromatic carbocycles. The van der Waals surface area contributed by atoms with Gasteiger partial charge in [0.15, 0.2) is 0 Å². The van der Waals surface area contributed by atoms with E-state index in [2.05, 4.69) is 22.2 Å². The van der Waals surface area contributed by atoms with E-state index in [9.17, 15) is 0 Å². The summed E-state index contributed by atoms with van der Waals surface area (Å²) in [6.45, 7) is 2.11. The Bertz CT molecular complexity index is 300. The fourth-order valence-electron chi connectivity index (χ4n) is 1.47. The zero-order valence-corrected chi connectivity index (χ0v) is 7.16. The Kier molecular flexibility index (Phi) is 1.60. The van der Waals surface area contributed by atoms with Crippen molar-refractivity contribution in [3.05, 3.63) is 11.9 Å². The predicted molar refractivity (Wildman–Crippen MR) is 45.4 cm³/mol. The number of nitrogens with one attached hydrogen (secondary N) is 1. The maximum absolute atomic E-state index is 5.11. The Morgan fingerprint density at radius 2 is 2.42 bits per heavy atom. The summed E-state index contributed by atoms with van der Waals surface area (Å²) in [5.41, 5.74) is 1.09. The normalized spacial score (nSPS) is 20.0. The van der Waals surface area contributed by atoms with Gasteiger partial charge < -0.3 is 10.1 Å². The molecule has 0 bridgehead atoms. The summed E-state index contributed by atoms with van der Waals surface area (Å²) < 4.78 is 5.11. The van der Waals surface area contributed by atoms with Crippen LogP contribution in [0, 0.1) is 0 Å². The van der Waals surface area contributed by atoms with Crippen LogP contribution in [0.5, 0.6) is 5.88 Å². The predicted octanol–water partition coefficient (Wildman–Crippen LogP) is 0.842. The Hall–Kier alpha value is -1.32. The Morgan fingerprint density at radius 1 is 1.58 bits per heavy atom. The number of aromatic nitrogens is 2. The fraction of sp³-hybridized carbons (Fsp3) is 0.500. The molecule has 2 rings (SSSR count). The summed E-state index contributed by atoms with van der Waals surface area (Å²) >= 11 is 0. The molecule has 1 aliphatic rings. The molecule has 0 amide bonds. The number of fused-ring (bicyclic) bond motifs is 1. The van der Waals surface area contributed by atoms with E-state index in [1.54, 1.807) is 7.11 Å². The second kappa shape index (κ2) is 2.62. The van der Waals surface area contributed by atoms with Gasteiger partial charge in [-0.1, -0.05) is 0 Å². The third kappa shape index (κ3) is 0.995. The topological polar surface area (TPSA) is 47.0 Å². The van der Waals surface area contributed by atoms with E-state index in [1.165, 1.54) is 6.33 Å². The van der Waals surface area contributed by atoms with Crippen LogP contribution in [0.25, 0.3) is 0 Å². The summed E-state index contributed by atoms with van der Waals surface area (Å²) in [6.07, 6.45) is 2.46. The third-order valence-electron chi connectivity index (χ3n) is 1.99. The minimum atomic E-state index is 0.436. The van der Waals surface area contributed by atoms with Crippen molar-refractivity contribution in [1.29, 1.82) is 0 Å². The van der Waals surface area contributed by atoms with Crippen LogP contribution in [0.4, 0.5) is 5.82 Å². The second-order valence-corrected chi connectivity index (χ2v) is 2.96. The summed E-state index contributed by atoms with van der Waals surface area (Å²) in [6, 6.07) is 0.436. The molecule has 0 aliphatic carbocycles. The highest BCUT2D eigenvalue weighted by Gasteiger charge is 2.22. The number of hydrogen-bond acceptors (Lipinski definition) is 4. The quantitative estimate of drug-likeness (QED) is 0.670. The average molecular weight is 165 g/mol. The number of anilines is 1. The highest BCUT2D eigenvalue weighted by molar-refractivity contribution is 5.54. The van der Waals surface area contributed by atoms with E-state index in [-0.39, 0.29) is 0 Å². The van der Waals surface area contributed by atoms with Crippen LogP contribution >= 0.6 is 0 Å². The molecule has 1 aromatic heterocycles. The van der Waals surface area contributed by atoms with Crippen molar-refractivity contribution < 1.29 is 4.74 Å². The fourth-order valence-corrected chi connectivity index (χ4v) is 1.47. The molecular weight excluding hydrogens is 154 g/mol. The lowest BCUT2D eigenvalue weighted by Crippen LogP contribution is -2.08. The molecule has 4 nitrogen and oxygen atoms in total. The minimum Gasteiger partial charge on any atom is -0.481 e. The molecule has 4 heteroatoms. The van der Waals surface area contributed by atoms with E-state index in [0.717, 1.165) is 17.8 Å². The van der Waals surface area contributed by atoms with Gasteiger partial charge in [-0.15, -0.1) is 0 Å². The molecule has 1 atom stereocenters. The van der Waals surface area contributed by atoms with Crippen molar-refractivity contribution in [2.24, 2.45) is 0 Å². The van der Waals surface area contributed by atoms with Gasteiger partial charge in [0.05, 0.1) is 12.7 Å². The Labute approximate surface area is 71.0 Å².